The van der Waals surface area contributed by atoms with E-state index in [4.69, 9.17) is 0 Å². The van der Waals surface area contributed by atoms with E-state index >= 15 is 0 Å². The van der Waals surface area contributed by atoms with Crippen LogP contribution in [0.15, 0.2) is 59.1 Å². The van der Waals surface area contributed by atoms with Crippen molar-refractivity contribution in [3.63, 3.8) is 0 Å². The second-order valence-electron chi connectivity index (χ2n) is 5.68. The molecule has 4 nitrogen and oxygen atoms in total. The molecule has 0 heterocycles. The van der Waals surface area contributed by atoms with Gasteiger partial charge < -0.3 is 0 Å². The lowest BCUT2D eigenvalue weighted by Crippen LogP contribution is -2.44. The van der Waals surface area contributed by atoms with Crippen LogP contribution >= 0.6 is 15.9 Å². The molecule has 1 saturated carbocycles. The summed E-state index contributed by atoms with van der Waals surface area (Å²) in [5.41, 5.74) is 4.38. The maximum Gasteiger partial charge on any atom is 0.273 e. The molecule has 118 valence electrons. The van der Waals surface area contributed by atoms with Crippen molar-refractivity contribution in [1.29, 1.82) is 0 Å². The van der Waals surface area contributed by atoms with Crippen LogP contribution in [0.3, 0.4) is 0 Å². The van der Waals surface area contributed by atoms with Crippen LogP contribution in [0.5, 0.6) is 0 Å². The summed E-state index contributed by atoms with van der Waals surface area (Å²) in [5, 5.41) is 1.25. The van der Waals surface area contributed by atoms with E-state index in [9.17, 15) is 9.59 Å². The fourth-order valence-corrected chi connectivity index (χ4v) is 3.12. The number of halogens is 1. The maximum atomic E-state index is 12.4. The van der Waals surface area contributed by atoms with Gasteiger partial charge in [-0.1, -0.05) is 42.5 Å². The van der Waals surface area contributed by atoms with E-state index in [-0.39, 0.29) is 23.7 Å². The number of carbonyl (C=O) groups is 2. The zero-order chi connectivity index (χ0) is 16.4. The molecule has 0 bridgehead atoms. The van der Waals surface area contributed by atoms with E-state index in [0.717, 1.165) is 6.42 Å². The maximum absolute atomic E-state index is 12.4. The summed E-state index contributed by atoms with van der Waals surface area (Å²) >= 11 is 3.35. The first-order valence-corrected chi connectivity index (χ1v) is 8.25. The predicted octanol–water partition coefficient (Wildman–Crippen LogP) is 3.36. The second kappa shape index (κ2) is 6.54. The van der Waals surface area contributed by atoms with Crippen molar-refractivity contribution < 1.29 is 9.59 Å². The highest BCUT2D eigenvalue weighted by molar-refractivity contribution is 9.10. The van der Waals surface area contributed by atoms with Gasteiger partial charge in [-0.05, 0) is 46.0 Å². The zero-order valence-electron chi connectivity index (χ0n) is 12.7. The number of rotatable bonds is 3. The Balaban J connectivity index is 1.61. The third kappa shape index (κ3) is 3.45. The van der Waals surface area contributed by atoms with E-state index in [1.165, 1.54) is 10.6 Å². The van der Waals surface area contributed by atoms with Crippen LogP contribution in [0, 0.1) is 5.92 Å². The highest BCUT2D eigenvalue weighted by Gasteiger charge is 2.44. The highest BCUT2D eigenvalue weighted by Crippen LogP contribution is 2.47. The number of nitrogens with one attached hydrogen (secondary N) is 1. The molecule has 1 aliphatic rings. The Morgan fingerprint density at radius 1 is 1.09 bits per heavy atom. The van der Waals surface area contributed by atoms with Crippen molar-refractivity contribution in [2.75, 3.05) is 7.05 Å². The topological polar surface area (TPSA) is 49.4 Å². The quantitative estimate of drug-likeness (QED) is 0.839. The highest BCUT2D eigenvalue weighted by atomic mass is 79.9. The first-order chi connectivity index (χ1) is 11.1. The largest absolute Gasteiger partial charge is 0.273 e. The number of hydrogen-bond acceptors (Lipinski definition) is 2. The van der Waals surface area contributed by atoms with Gasteiger partial charge in [0, 0.05) is 17.4 Å². The molecule has 2 aromatic rings. The molecule has 1 aliphatic carbocycles. The molecular formula is C18H17BrN2O2. The molecule has 3 rings (SSSR count). The average molecular weight is 373 g/mol. The zero-order valence-corrected chi connectivity index (χ0v) is 14.3. The van der Waals surface area contributed by atoms with E-state index in [1.807, 2.05) is 36.4 Å². The van der Waals surface area contributed by atoms with Crippen LogP contribution < -0.4 is 5.43 Å². The van der Waals surface area contributed by atoms with Crippen LogP contribution in [0.4, 0.5) is 0 Å². The van der Waals surface area contributed by atoms with Crippen molar-refractivity contribution in [3.05, 3.63) is 70.2 Å². The second-order valence-corrected chi connectivity index (χ2v) is 6.53. The van der Waals surface area contributed by atoms with E-state index in [0.29, 0.717) is 10.0 Å². The lowest BCUT2D eigenvalue weighted by Gasteiger charge is -2.19. The van der Waals surface area contributed by atoms with Crippen LogP contribution in [0.1, 0.15) is 28.3 Å². The van der Waals surface area contributed by atoms with Gasteiger partial charge in [0.2, 0.25) is 5.91 Å². The predicted molar refractivity (Wildman–Crippen MR) is 91.7 cm³/mol. The van der Waals surface area contributed by atoms with Crippen molar-refractivity contribution in [1.82, 2.24) is 10.4 Å². The normalized spacial score (nSPS) is 19.0. The minimum Gasteiger partial charge on any atom is -0.273 e. The molecule has 0 radical (unpaired) electrons. The standard InChI is InChI=1S/C18H17BrN2O2/c1-21(18(23)13-9-5-6-10-16(13)19)20-17(22)15-11-14(15)12-7-3-2-4-8-12/h2-10,14-15H,11H2,1H3,(H,20,22). The van der Waals surface area contributed by atoms with Crippen molar-refractivity contribution >= 4 is 27.7 Å². The number of amides is 2. The molecule has 2 unspecified atom stereocenters. The molecule has 23 heavy (non-hydrogen) atoms. The molecule has 1 fully saturated rings. The Bertz CT molecular complexity index is 733. The Morgan fingerprint density at radius 2 is 1.74 bits per heavy atom. The van der Waals surface area contributed by atoms with Gasteiger partial charge in [-0.25, -0.2) is 0 Å². The van der Waals surface area contributed by atoms with Gasteiger partial charge in [-0.2, -0.15) is 0 Å². The van der Waals surface area contributed by atoms with E-state index < -0.39 is 0 Å². The molecule has 2 aromatic carbocycles. The molecule has 0 aromatic heterocycles. The molecule has 2 amide bonds. The van der Waals surface area contributed by atoms with E-state index in [2.05, 4.69) is 21.4 Å². The number of benzene rings is 2. The van der Waals surface area contributed by atoms with E-state index in [1.54, 1.807) is 25.2 Å². The van der Waals surface area contributed by atoms with Crippen LogP contribution in [-0.2, 0) is 4.79 Å². The molecule has 1 N–H and O–H groups in total. The van der Waals surface area contributed by atoms with Crippen LogP contribution in [0.25, 0.3) is 0 Å². The first kappa shape index (κ1) is 15.7. The number of hydrazine groups is 1. The smallest absolute Gasteiger partial charge is 0.273 e. The Kier molecular flexibility index (Phi) is 4.48. The Morgan fingerprint density at radius 3 is 2.43 bits per heavy atom. The molecular weight excluding hydrogens is 356 g/mol. The Hall–Kier alpha value is -2.14. The van der Waals surface area contributed by atoms with Crippen LogP contribution in [0.2, 0.25) is 0 Å². The average Bonchev–Trinajstić information content (AvgIpc) is 3.36. The van der Waals surface area contributed by atoms with Gasteiger partial charge >= 0.3 is 0 Å². The van der Waals surface area contributed by atoms with Crippen molar-refractivity contribution in [2.45, 2.75) is 12.3 Å². The summed E-state index contributed by atoms with van der Waals surface area (Å²) in [6.45, 7) is 0. The summed E-state index contributed by atoms with van der Waals surface area (Å²) in [6.07, 6.45) is 0.826. The summed E-state index contributed by atoms with van der Waals surface area (Å²) < 4.78 is 0.708. The first-order valence-electron chi connectivity index (χ1n) is 7.46. The fraction of sp³-hybridized carbons (Fsp3) is 0.222. The monoisotopic (exact) mass is 372 g/mol. The summed E-state index contributed by atoms with van der Waals surface area (Å²) in [7, 11) is 1.57. The lowest BCUT2D eigenvalue weighted by molar-refractivity contribution is -0.125. The lowest BCUT2D eigenvalue weighted by atomic mass is 10.1. The third-order valence-corrected chi connectivity index (χ3v) is 4.73. The van der Waals surface area contributed by atoms with Crippen LogP contribution in [-0.4, -0.2) is 23.9 Å². The SMILES string of the molecule is CN(NC(=O)C1CC1c1ccccc1)C(=O)c1ccccc1Br. The summed E-state index contributed by atoms with van der Waals surface area (Å²) in [5.74, 6) is -0.167. The van der Waals surface area contributed by atoms with Gasteiger partial charge in [-0.15, -0.1) is 0 Å². The minimum atomic E-state index is -0.247. The summed E-state index contributed by atoms with van der Waals surface area (Å²) in [6, 6.07) is 17.1. The minimum absolute atomic E-state index is 0.0631. The molecule has 0 aliphatic heterocycles. The molecule has 2 atom stereocenters. The number of hydrogen-bond donors (Lipinski definition) is 1. The third-order valence-electron chi connectivity index (χ3n) is 4.04. The molecule has 0 spiro atoms. The van der Waals surface area contributed by atoms with Gasteiger partial charge in [0.1, 0.15) is 0 Å². The van der Waals surface area contributed by atoms with Gasteiger partial charge in [-0.3, -0.25) is 20.0 Å². The van der Waals surface area contributed by atoms with Crippen molar-refractivity contribution in [3.8, 4) is 0 Å². The van der Waals surface area contributed by atoms with Crippen molar-refractivity contribution in [2.24, 2.45) is 5.92 Å². The molecule has 0 saturated heterocycles. The number of carbonyl (C=O) groups excluding carboxylic acids is 2. The summed E-state index contributed by atoms with van der Waals surface area (Å²) in [4.78, 5) is 24.7. The van der Waals surface area contributed by atoms with Gasteiger partial charge in [0.25, 0.3) is 5.91 Å². The Labute approximate surface area is 143 Å². The van der Waals surface area contributed by atoms with Gasteiger partial charge in [0.05, 0.1) is 5.56 Å². The van der Waals surface area contributed by atoms with Gasteiger partial charge in [0.15, 0.2) is 0 Å². The molecule has 5 heteroatoms. The fourth-order valence-electron chi connectivity index (χ4n) is 2.67. The number of nitrogens with zero attached hydrogens (tertiary/aromatic N) is 1.